The Hall–Kier alpha value is -0.470. The minimum Gasteiger partial charge on any atom is -0.383 e. The fraction of sp³-hybridized carbons (Fsp3) is 0.667. The molecule has 0 bridgehead atoms. The van der Waals surface area contributed by atoms with E-state index in [1.807, 2.05) is 6.92 Å². The van der Waals surface area contributed by atoms with Crippen LogP contribution in [0.5, 0.6) is 0 Å². The number of rotatable bonds is 8. The molecular formula is C12H20IN3O2. The van der Waals surface area contributed by atoms with E-state index in [2.05, 4.69) is 32.9 Å². The summed E-state index contributed by atoms with van der Waals surface area (Å²) in [4.78, 5) is 16.1. The molecule has 0 aliphatic heterocycles. The molecule has 0 amide bonds. The molecule has 1 aromatic rings. The van der Waals surface area contributed by atoms with E-state index in [0.29, 0.717) is 3.57 Å². The van der Waals surface area contributed by atoms with Crippen LogP contribution in [0, 0.1) is 10.5 Å². The highest BCUT2D eigenvalue weighted by Gasteiger charge is 2.04. The molecule has 1 aromatic heterocycles. The highest BCUT2D eigenvalue weighted by Crippen LogP contribution is 2.02. The topological polar surface area (TPSA) is 56.1 Å². The largest absolute Gasteiger partial charge is 0.383 e. The molecule has 0 saturated carbocycles. The number of unbranched alkanes of at least 4 members (excludes halogenated alkanes) is 1. The quantitative estimate of drug-likeness (QED) is 0.555. The summed E-state index contributed by atoms with van der Waals surface area (Å²) in [5.41, 5.74) is 0.869. The molecule has 5 nitrogen and oxygen atoms in total. The third-order valence-corrected chi connectivity index (χ3v) is 3.88. The van der Waals surface area contributed by atoms with Crippen molar-refractivity contribution >= 4 is 22.6 Å². The van der Waals surface area contributed by atoms with Crippen LogP contribution < -0.4 is 10.9 Å². The molecule has 18 heavy (non-hydrogen) atoms. The van der Waals surface area contributed by atoms with Gasteiger partial charge in [-0.1, -0.05) is 0 Å². The summed E-state index contributed by atoms with van der Waals surface area (Å²) in [6, 6.07) is 0. The van der Waals surface area contributed by atoms with Gasteiger partial charge in [0, 0.05) is 20.2 Å². The van der Waals surface area contributed by atoms with Gasteiger partial charge in [-0.3, -0.25) is 9.36 Å². The fourth-order valence-electron chi connectivity index (χ4n) is 1.54. The van der Waals surface area contributed by atoms with E-state index in [0.717, 1.165) is 44.8 Å². The molecule has 0 radical (unpaired) electrons. The molecule has 1 N–H and O–H groups in total. The third-order valence-electron chi connectivity index (χ3n) is 2.64. The van der Waals surface area contributed by atoms with Gasteiger partial charge in [0.15, 0.2) is 0 Å². The van der Waals surface area contributed by atoms with Crippen LogP contribution >= 0.6 is 22.6 Å². The van der Waals surface area contributed by atoms with Crippen LogP contribution in [0.25, 0.3) is 0 Å². The first-order valence-electron chi connectivity index (χ1n) is 6.08. The Bertz CT molecular complexity index is 420. The summed E-state index contributed by atoms with van der Waals surface area (Å²) in [5.74, 6) is 0. The fourth-order valence-corrected chi connectivity index (χ4v) is 1.99. The number of aryl methyl sites for hydroxylation is 2. The standard InChI is InChI=1S/C12H20IN3O2/c1-10-11(13)12(17)16(9-15-10)7-4-3-5-14-6-8-18-2/h9,14H,3-8H2,1-2H3. The molecule has 6 heteroatoms. The zero-order chi connectivity index (χ0) is 13.4. The third kappa shape index (κ3) is 5.03. The number of halogens is 1. The normalized spacial score (nSPS) is 10.8. The van der Waals surface area contributed by atoms with E-state index in [1.165, 1.54) is 0 Å². The molecule has 0 spiro atoms. The van der Waals surface area contributed by atoms with Crippen molar-refractivity contribution in [1.82, 2.24) is 14.9 Å². The lowest BCUT2D eigenvalue weighted by atomic mass is 10.3. The van der Waals surface area contributed by atoms with Gasteiger partial charge in [0.2, 0.25) is 0 Å². The van der Waals surface area contributed by atoms with Crippen molar-refractivity contribution in [2.24, 2.45) is 0 Å². The lowest BCUT2D eigenvalue weighted by Crippen LogP contribution is -2.25. The molecule has 0 aliphatic carbocycles. The van der Waals surface area contributed by atoms with Gasteiger partial charge in [-0.05, 0) is 48.9 Å². The molecule has 0 atom stereocenters. The SMILES string of the molecule is COCCNCCCCn1cnc(C)c(I)c1=O. The highest BCUT2D eigenvalue weighted by molar-refractivity contribution is 14.1. The molecular weight excluding hydrogens is 345 g/mol. The van der Waals surface area contributed by atoms with Gasteiger partial charge in [-0.2, -0.15) is 0 Å². The average molecular weight is 365 g/mol. The summed E-state index contributed by atoms with van der Waals surface area (Å²) < 4.78 is 7.34. The van der Waals surface area contributed by atoms with Crippen LogP contribution in [0.3, 0.4) is 0 Å². The molecule has 102 valence electrons. The monoisotopic (exact) mass is 365 g/mol. The Balaban J connectivity index is 2.28. The predicted molar refractivity (Wildman–Crippen MR) is 79.9 cm³/mol. The first kappa shape index (κ1) is 15.6. The van der Waals surface area contributed by atoms with Crippen molar-refractivity contribution < 1.29 is 4.74 Å². The molecule has 0 saturated heterocycles. The summed E-state index contributed by atoms with van der Waals surface area (Å²) in [5, 5.41) is 3.28. The molecule has 0 aliphatic rings. The van der Waals surface area contributed by atoms with Crippen LogP contribution in [-0.2, 0) is 11.3 Å². The Morgan fingerprint density at radius 2 is 2.22 bits per heavy atom. The van der Waals surface area contributed by atoms with Crippen LogP contribution in [-0.4, -0.2) is 36.4 Å². The Morgan fingerprint density at radius 1 is 1.44 bits per heavy atom. The molecule has 0 fully saturated rings. The van der Waals surface area contributed by atoms with E-state index < -0.39 is 0 Å². The maximum Gasteiger partial charge on any atom is 0.266 e. The first-order valence-corrected chi connectivity index (χ1v) is 7.16. The average Bonchev–Trinajstić information content (AvgIpc) is 2.37. The summed E-state index contributed by atoms with van der Waals surface area (Å²) in [6.45, 7) is 5.15. The zero-order valence-electron chi connectivity index (χ0n) is 10.9. The second-order valence-corrected chi connectivity index (χ2v) is 5.17. The van der Waals surface area contributed by atoms with Gasteiger partial charge in [0.1, 0.15) is 0 Å². The van der Waals surface area contributed by atoms with Crippen molar-refractivity contribution in [1.29, 1.82) is 0 Å². The van der Waals surface area contributed by atoms with Crippen LogP contribution in [0.4, 0.5) is 0 Å². The lowest BCUT2D eigenvalue weighted by molar-refractivity contribution is 0.199. The second-order valence-electron chi connectivity index (χ2n) is 4.09. The Kier molecular flexibility index (Phi) is 7.45. The number of hydrogen-bond donors (Lipinski definition) is 1. The van der Waals surface area contributed by atoms with E-state index in [1.54, 1.807) is 18.0 Å². The van der Waals surface area contributed by atoms with E-state index in [4.69, 9.17) is 4.74 Å². The van der Waals surface area contributed by atoms with Gasteiger partial charge >= 0.3 is 0 Å². The smallest absolute Gasteiger partial charge is 0.266 e. The summed E-state index contributed by atoms with van der Waals surface area (Å²) in [7, 11) is 1.69. The van der Waals surface area contributed by atoms with Gasteiger partial charge in [-0.25, -0.2) is 4.98 Å². The van der Waals surface area contributed by atoms with E-state index in [-0.39, 0.29) is 5.56 Å². The number of methoxy groups -OCH3 is 1. The minimum atomic E-state index is 0.0652. The van der Waals surface area contributed by atoms with Crippen molar-refractivity contribution in [3.8, 4) is 0 Å². The molecule has 1 rings (SSSR count). The van der Waals surface area contributed by atoms with E-state index in [9.17, 15) is 4.79 Å². The van der Waals surface area contributed by atoms with Crippen LogP contribution in [0.2, 0.25) is 0 Å². The Labute approximate surface area is 121 Å². The van der Waals surface area contributed by atoms with E-state index >= 15 is 0 Å². The maximum absolute atomic E-state index is 11.9. The van der Waals surface area contributed by atoms with Crippen molar-refractivity contribution in [2.75, 3.05) is 26.8 Å². The predicted octanol–water partition coefficient (Wildman–Crippen LogP) is 1.17. The van der Waals surface area contributed by atoms with Crippen LogP contribution in [0.15, 0.2) is 11.1 Å². The minimum absolute atomic E-state index is 0.0652. The first-order chi connectivity index (χ1) is 8.66. The molecule has 0 unspecified atom stereocenters. The lowest BCUT2D eigenvalue weighted by Gasteiger charge is -2.07. The van der Waals surface area contributed by atoms with Gasteiger partial charge < -0.3 is 10.1 Å². The van der Waals surface area contributed by atoms with Gasteiger partial charge in [0.05, 0.1) is 22.2 Å². The van der Waals surface area contributed by atoms with Crippen molar-refractivity contribution in [3.63, 3.8) is 0 Å². The zero-order valence-corrected chi connectivity index (χ0v) is 13.1. The summed E-state index contributed by atoms with van der Waals surface area (Å²) >= 11 is 2.06. The van der Waals surface area contributed by atoms with Crippen LogP contribution in [0.1, 0.15) is 18.5 Å². The Morgan fingerprint density at radius 3 is 2.94 bits per heavy atom. The van der Waals surface area contributed by atoms with Crippen molar-refractivity contribution in [3.05, 3.63) is 25.9 Å². The van der Waals surface area contributed by atoms with Crippen molar-refractivity contribution in [2.45, 2.75) is 26.3 Å². The second kappa shape index (κ2) is 8.60. The van der Waals surface area contributed by atoms with Gasteiger partial charge in [0.25, 0.3) is 5.56 Å². The number of aromatic nitrogens is 2. The van der Waals surface area contributed by atoms with Gasteiger partial charge in [-0.15, -0.1) is 0 Å². The molecule has 1 heterocycles. The highest BCUT2D eigenvalue weighted by atomic mass is 127. The summed E-state index contributed by atoms with van der Waals surface area (Å²) in [6.07, 6.45) is 3.65. The number of nitrogens with one attached hydrogen (secondary N) is 1. The maximum atomic E-state index is 11.9. The molecule has 0 aromatic carbocycles. The number of nitrogens with zero attached hydrogens (tertiary/aromatic N) is 2. The number of hydrogen-bond acceptors (Lipinski definition) is 4. The number of ether oxygens (including phenoxy) is 1.